The standard InChI is InChI=1S/C13H12BrN5O2/c1-3-21-13(20)10(17-18-15)7-9-5-4-6-19-11(14)8(2)16-12(9)19/h4-7H,3H2,1-2H3/b10-7-. The zero-order chi connectivity index (χ0) is 15.4. The first kappa shape index (κ1) is 15.1. The Labute approximate surface area is 129 Å². The molecule has 0 unspecified atom stereocenters. The molecule has 0 saturated heterocycles. The van der Waals surface area contributed by atoms with Crippen molar-refractivity contribution >= 4 is 33.6 Å². The smallest absolute Gasteiger partial charge is 0.340 e. The Morgan fingerprint density at radius 1 is 1.67 bits per heavy atom. The lowest BCUT2D eigenvalue weighted by Crippen LogP contribution is -2.05. The van der Waals surface area contributed by atoms with E-state index in [1.165, 1.54) is 6.08 Å². The predicted octanol–water partition coefficient (Wildman–Crippen LogP) is 3.62. The van der Waals surface area contributed by atoms with Gasteiger partial charge >= 0.3 is 5.97 Å². The molecule has 0 aliphatic rings. The first-order valence-corrected chi connectivity index (χ1v) is 6.94. The maximum absolute atomic E-state index is 11.8. The Morgan fingerprint density at radius 3 is 3.10 bits per heavy atom. The summed E-state index contributed by atoms with van der Waals surface area (Å²) in [6, 6.07) is 3.59. The second-order valence-electron chi connectivity index (χ2n) is 4.08. The number of imidazole rings is 1. The molecule has 7 nitrogen and oxygen atoms in total. The largest absolute Gasteiger partial charge is 0.462 e. The number of nitrogens with zero attached hydrogens (tertiary/aromatic N) is 5. The number of hydrogen-bond acceptors (Lipinski definition) is 4. The van der Waals surface area contributed by atoms with Gasteiger partial charge in [-0.15, -0.1) is 0 Å². The zero-order valence-electron chi connectivity index (χ0n) is 11.4. The minimum atomic E-state index is -0.667. The fraction of sp³-hybridized carbons (Fsp3) is 0.231. The Kier molecular flexibility index (Phi) is 4.62. The molecule has 108 valence electrons. The number of carbonyl (C=O) groups is 1. The Bertz CT molecular complexity index is 774. The summed E-state index contributed by atoms with van der Waals surface area (Å²) >= 11 is 3.44. The fourth-order valence-corrected chi connectivity index (χ4v) is 2.19. The van der Waals surface area contributed by atoms with Crippen molar-refractivity contribution in [1.82, 2.24) is 9.38 Å². The normalized spacial score (nSPS) is 11.3. The monoisotopic (exact) mass is 349 g/mol. The van der Waals surface area contributed by atoms with Gasteiger partial charge < -0.3 is 4.74 Å². The zero-order valence-corrected chi connectivity index (χ0v) is 13.0. The van der Waals surface area contributed by atoms with Gasteiger partial charge in [0.05, 0.1) is 12.3 Å². The molecule has 0 radical (unpaired) electrons. The number of rotatable bonds is 4. The number of hydrogen-bond donors (Lipinski definition) is 0. The highest BCUT2D eigenvalue weighted by Crippen LogP contribution is 2.22. The van der Waals surface area contributed by atoms with Gasteiger partial charge in [0.1, 0.15) is 15.9 Å². The van der Waals surface area contributed by atoms with Crippen LogP contribution in [0.4, 0.5) is 0 Å². The number of carbonyl (C=O) groups excluding carboxylic acids is 1. The molecule has 8 heteroatoms. The van der Waals surface area contributed by atoms with Crippen LogP contribution in [0.3, 0.4) is 0 Å². The van der Waals surface area contributed by atoms with E-state index >= 15 is 0 Å². The molecule has 0 fully saturated rings. The number of aryl methyl sites for hydroxylation is 1. The molecule has 2 aromatic heterocycles. The van der Waals surface area contributed by atoms with Crippen LogP contribution in [-0.2, 0) is 9.53 Å². The van der Waals surface area contributed by atoms with Crippen LogP contribution in [0, 0.1) is 6.92 Å². The molecule has 0 N–H and O–H groups in total. The molecule has 0 aliphatic heterocycles. The van der Waals surface area contributed by atoms with Crippen molar-refractivity contribution in [2.75, 3.05) is 6.61 Å². The van der Waals surface area contributed by atoms with Gasteiger partial charge in [-0.05, 0) is 53.5 Å². The van der Waals surface area contributed by atoms with Crippen LogP contribution in [0.5, 0.6) is 0 Å². The molecule has 0 aliphatic carbocycles. The summed E-state index contributed by atoms with van der Waals surface area (Å²) in [4.78, 5) is 18.8. The van der Waals surface area contributed by atoms with E-state index in [0.29, 0.717) is 11.2 Å². The van der Waals surface area contributed by atoms with Crippen molar-refractivity contribution in [3.05, 3.63) is 50.3 Å². The van der Waals surface area contributed by atoms with E-state index in [4.69, 9.17) is 10.3 Å². The third kappa shape index (κ3) is 3.07. The first-order valence-electron chi connectivity index (χ1n) is 6.15. The van der Waals surface area contributed by atoms with Crippen LogP contribution in [0.1, 0.15) is 18.2 Å². The van der Waals surface area contributed by atoms with Gasteiger partial charge in [-0.1, -0.05) is 5.11 Å². The van der Waals surface area contributed by atoms with Crippen molar-refractivity contribution < 1.29 is 9.53 Å². The summed E-state index contributed by atoms with van der Waals surface area (Å²) in [5, 5.41) is 3.39. The van der Waals surface area contributed by atoms with Crippen molar-refractivity contribution in [2.45, 2.75) is 13.8 Å². The predicted molar refractivity (Wildman–Crippen MR) is 81.4 cm³/mol. The highest BCUT2D eigenvalue weighted by atomic mass is 79.9. The summed E-state index contributed by atoms with van der Waals surface area (Å²) in [6.45, 7) is 3.75. The van der Waals surface area contributed by atoms with Gasteiger partial charge in [0.15, 0.2) is 0 Å². The summed E-state index contributed by atoms with van der Waals surface area (Å²) in [6.07, 6.45) is 3.31. The van der Waals surface area contributed by atoms with Crippen molar-refractivity contribution in [3.63, 3.8) is 0 Å². The second kappa shape index (κ2) is 6.43. The average Bonchev–Trinajstić information content (AvgIpc) is 2.75. The number of azide groups is 1. The quantitative estimate of drug-likeness (QED) is 0.277. The number of aromatic nitrogens is 2. The van der Waals surface area contributed by atoms with Gasteiger partial charge in [0, 0.05) is 16.7 Å². The summed E-state index contributed by atoms with van der Waals surface area (Å²) in [7, 11) is 0. The van der Waals surface area contributed by atoms with Gasteiger partial charge in [-0.2, -0.15) is 0 Å². The summed E-state index contributed by atoms with van der Waals surface area (Å²) in [5.41, 5.74) is 10.6. The maximum Gasteiger partial charge on any atom is 0.340 e. The molecular formula is C13H12BrN5O2. The summed E-state index contributed by atoms with van der Waals surface area (Å²) in [5.74, 6) is -0.667. The van der Waals surface area contributed by atoms with Crippen LogP contribution >= 0.6 is 15.9 Å². The molecule has 0 amide bonds. The molecule has 0 atom stereocenters. The minimum Gasteiger partial charge on any atom is -0.462 e. The topological polar surface area (TPSA) is 92.4 Å². The van der Waals surface area contributed by atoms with Crippen LogP contribution in [0.2, 0.25) is 0 Å². The van der Waals surface area contributed by atoms with Crippen LogP contribution in [0.15, 0.2) is 33.7 Å². The molecule has 2 aromatic rings. The van der Waals surface area contributed by atoms with E-state index in [-0.39, 0.29) is 12.3 Å². The lowest BCUT2D eigenvalue weighted by molar-refractivity contribution is -0.138. The summed E-state index contributed by atoms with van der Waals surface area (Å²) < 4.78 is 7.52. The lowest BCUT2D eigenvalue weighted by atomic mass is 10.2. The number of esters is 1. The number of pyridine rings is 1. The van der Waals surface area contributed by atoms with Crippen LogP contribution in [-0.4, -0.2) is 22.0 Å². The average molecular weight is 350 g/mol. The Balaban J connectivity index is 2.59. The van der Waals surface area contributed by atoms with Gasteiger partial charge in [0.2, 0.25) is 0 Å². The first-order chi connectivity index (χ1) is 10.1. The van der Waals surface area contributed by atoms with E-state index in [0.717, 1.165) is 10.3 Å². The molecule has 0 aromatic carbocycles. The number of halogens is 1. The van der Waals surface area contributed by atoms with Crippen molar-refractivity contribution in [1.29, 1.82) is 0 Å². The number of fused-ring (bicyclic) bond motifs is 1. The lowest BCUT2D eigenvalue weighted by Gasteiger charge is -2.03. The van der Waals surface area contributed by atoms with E-state index in [2.05, 4.69) is 30.9 Å². The molecule has 0 saturated carbocycles. The van der Waals surface area contributed by atoms with Gasteiger partial charge in [0.25, 0.3) is 0 Å². The van der Waals surface area contributed by atoms with E-state index in [1.54, 1.807) is 13.0 Å². The number of ether oxygens (including phenoxy) is 1. The second-order valence-corrected chi connectivity index (χ2v) is 4.84. The Hall–Kier alpha value is -2.31. The van der Waals surface area contributed by atoms with E-state index in [1.807, 2.05) is 23.6 Å². The van der Waals surface area contributed by atoms with E-state index < -0.39 is 5.97 Å². The molecule has 2 rings (SSSR count). The van der Waals surface area contributed by atoms with Crippen LogP contribution in [0.25, 0.3) is 22.2 Å². The van der Waals surface area contributed by atoms with Gasteiger partial charge in [-0.3, -0.25) is 4.40 Å². The minimum absolute atomic E-state index is 0.107. The maximum atomic E-state index is 11.8. The molecular weight excluding hydrogens is 338 g/mol. The van der Waals surface area contributed by atoms with Gasteiger partial charge in [-0.25, -0.2) is 9.78 Å². The third-order valence-electron chi connectivity index (χ3n) is 2.71. The van der Waals surface area contributed by atoms with Crippen LogP contribution < -0.4 is 0 Å². The fourth-order valence-electron chi connectivity index (χ4n) is 1.81. The highest BCUT2D eigenvalue weighted by molar-refractivity contribution is 9.10. The van der Waals surface area contributed by atoms with Crippen molar-refractivity contribution in [2.24, 2.45) is 5.11 Å². The molecule has 21 heavy (non-hydrogen) atoms. The highest BCUT2D eigenvalue weighted by Gasteiger charge is 2.12. The molecule has 0 spiro atoms. The third-order valence-corrected chi connectivity index (χ3v) is 3.67. The van der Waals surface area contributed by atoms with E-state index in [9.17, 15) is 4.79 Å². The molecule has 2 heterocycles. The molecule has 0 bridgehead atoms. The Morgan fingerprint density at radius 2 is 2.43 bits per heavy atom. The SMILES string of the molecule is CCOC(=O)/C(=C/c1cccn2c(Br)c(C)nc12)N=[N+]=[N-]. The van der Waals surface area contributed by atoms with Crippen molar-refractivity contribution in [3.8, 4) is 0 Å².